The van der Waals surface area contributed by atoms with Gasteiger partial charge in [-0.1, -0.05) is 0 Å². The number of hydrogen-bond donors (Lipinski definition) is 1. The highest BCUT2D eigenvalue weighted by Gasteiger charge is 2.18. The average Bonchev–Trinajstić information content (AvgIpc) is 2.32. The monoisotopic (exact) mass is 249 g/mol. The van der Waals surface area contributed by atoms with Gasteiger partial charge in [-0.15, -0.1) is 0 Å². The summed E-state index contributed by atoms with van der Waals surface area (Å²) in [7, 11) is 2.15. The Balaban J connectivity index is 2.21. The van der Waals surface area contributed by atoms with E-state index in [2.05, 4.69) is 16.8 Å². The maximum Gasteiger partial charge on any atom is 0.143 e. The van der Waals surface area contributed by atoms with Crippen LogP contribution in [-0.2, 0) is 0 Å². The molecule has 2 rings (SSSR count). The molecule has 4 nitrogen and oxygen atoms in total. The average molecular weight is 249 g/mol. The normalized spacial score (nSPS) is 17.2. The first kappa shape index (κ1) is 13.0. The van der Waals surface area contributed by atoms with Crippen molar-refractivity contribution in [2.75, 3.05) is 43.9 Å². The predicted molar refractivity (Wildman–Crippen MR) is 76.3 cm³/mol. The first-order chi connectivity index (χ1) is 8.56. The summed E-state index contributed by atoms with van der Waals surface area (Å²) < 4.78 is 5.87. The molecular weight excluding hydrogens is 226 g/mol. The molecule has 1 aromatic carbocycles. The van der Waals surface area contributed by atoms with Crippen LogP contribution < -0.4 is 15.4 Å². The molecule has 18 heavy (non-hydrogen) atoms. The number of hydrogen-bond acceptors (Lipinski definition) is 4. The van der Waals surface area contributed by atoms with E-state index in [9.17, 15) is 0 Å². The second-order valence-electron chi connectivity index (χ2n) is 5.18. The minimum absolute atomic E-state index is 0.180. The second kappa shape index (κ2) is 5.48. The molecule has 0 radical (unpaired) electrons. The molecule has 1 aliphatic rings. The zero-order chi connectivity index (χ0) is 13.1. The third-order valence-corrected chi connectivity index (χ3v) is 3.19. The van der Waals surface area contributed by atoms with Gasteiger partial charge in [0.25, 0.3) is 0 Å². The number of likely N-dealkylation sites (N-methyl/N-ethyl adjacent to an activating group) is 1. The molecule has 0 atom stereocenters. The highest BCUT2D eigenvalue weighted by atomic mass is 16.5. The largest absolute Gasteiger partial charge is 0.489 e. The van der Waals surface area contributed by atoms with Gasteiger partial charge in [-0.2, -0.15) is 0 Å². The second-order valence-corrected chi connectivity index (χ2v) is 5.18. The minimum Gasteiger partial charge on any atom is -0.489 e. The van der Waals surface area contributed by atoms with Crippen LogP contribution in [0, 0.1) is 0 Å². The van der Waals surface area contributed by atoms with Gasteiger partial charge in [0.15, 0.2) is 0 Å². The minimum atomic E-state index is 0.180. The highest BCUT2D eigenvalue weighted by Crippen LogP contribution is 2.32. The number of ether oxygens (including phenoxy) is 1. The summed E-state index contributed by atoms with van der Waals surface area (Å²) in [6.07, 6.45) is 0.180. The molecule has 0 unspecified atom stereocenters. The molecular formula is C14H23N3O. The van der Waals surface area contributed by atoms with E-state index >= 15 is 0 Å². The van der Waals surface area contributed by atoms with Crippen LogP contribution in [0.5, 0.6) is 5.75 Å². The van der Waals surface area contributed by atoms with Gasteiger partial charge in [0.1, 0.15) is 5.75 Å². The fourth-order valence-corrected chi connectivity index (χ4v) is 2.18. The summed E-state index contributed by atoms with van der Waals surface area (Å²) in [6, 6.07) is 5.89. The first-order valence-electron chi connectivity index (χ1n) is 6.56. The van der Waals surface area contributed by atoms with Gasteiger partial charge in [0.05, 0.1) is 11.8 Å². The van der Waals surface area contributed by atoms with Crippen LogP contribution in [0.4, 0.5) is 11.4 Å². The summed E-state index contributed by atoms with van der Waals surface area (Å²) in [5.74, 6) is 0.934. The van der Waals surface area contributed by atoms with Crippen LogP contribution in [0.25, 0.3) is 0 Å². The van der Waals surface area contributed by atoms with Gasteiger partial charge >= 0.3 is 0 Å². The summed E-state index contributed by atoms with van der Waals surface area (Å²) in [5, 5.41) is 0. The topological polar surface area (TPSA) is 41.7 Å². The quantitative estimate of drug-likeness (QED) is 0.830. The molecule has 1 saturated heterocycles. The van der Waals surface area contributed by atoms with Crippen molar-refractivity contribution in [3.63, 3.8) is 0 Å². The zero-order valence-corrected chi connectivity index (χ0v) is 11.5. The Labute approximate surface area is 109 Å². The van der Waals surface area contributed by atoms with Crippen molar-refractivity contribution >= 4 is 11.4 Å². The fourth-order valence-electron chi connectivity index (χ4n) is 2.18. The van der Waals surface area contributed by atoms with Crippen LogP contribution in [0.3, 0.4) is 0 Å². The third kappa shape index (κ3) is 3.07. The Morgan fingerprint density at radius 2 is 1.83 bits per heavy atom. The lowest BCUT2D eigenvalue weighted by atomic mass is 10.2. The Morgan fingerprint density at radius 3 is 2.44 bits per heavy atom. The molecule has 1 aliphatic heterocycles. The van der Waals surface area contributed by atoms with Crippen molar-refractivity contribution in [3.8, 4) is 5.75 Å². The van der Waals surface area contributed by atoms with Crippen LogP contribution in [-0.4, -0.2) is 44.2 Å². The number of benzene rings is 1. The molecule has 0 amide bonds. The third-order valence-electron chi connectivity index (χ3n) is 3.19. The van der Waals surface area contributed by atoms with Gasteiger partial charge in [0, 0.05) is 31.9 Å². The summed E-state index contributed by atoms with van der Waals surface area (Å²) in [4.78, 5) is 4.69. The van der Waals surface area contributed by atoms with E-state index < -0.39 is 0 Å². The van der Waals surface area contributed by atoms with Crippen molar-refractivity contribution in [3.05, 3.63) is 18.2 Å². The van der Waals surface area contributed by atoms with Crippen molar-refractivity contribution in [2.24, 2.45) is 0 Å². The first-order valence-corrected chi connectivity index (χ1v) is 6.56. The SMILES string of the molecule is CC(C)Oc1ccc(N)cc1N1CCN(C)CC1. The van der Waals surface area contributed by atoms with Gasteiger partial charge in [-0.05, 0) is 39.1 Å². The van der Waals surface area contributed by atoms with E-state index in [1.807, 2.05) is 32.0 Å². The predicted octanol–water partition coefficient (Wildman–Crippen LogP) is 1.81. The Hall–Kier alpha value is -1.42. The molecule has 0 saturated carbocycles. The van der Waals surface area contributed by atoms with E-state index in [0.29, 0.717) is 0 Å². The number of nitrogen functional groups attached to an aromatic ring is 1. The molecule has 0 bridgehead atoms. The fraction of sp³-hybridized carbons (Fsp3) is 0.571. The Kier molecular flexibility index (Phi) is 3.97. The molecule has 1 aromatic rings. The van der Waals surface area contributed by atoms with Crippen LogP contribution in [0.1, 0.15) is 13.8 Å². The smallest absolute Gasteiger partial charge is 0.143 e. The van der Waals surface area contributed by atoms with Crippen molar-refractivity contribution in [1.29, 1.82) is 0 Å². The summed E-state index contributed by atoms with van der Waals surface area (Å²) >= 11 is 0. The van der Waals surface area contributed by atoms with E-state index in [1.54, 1.807) is 0 Å². The zero-order valence-electron chi connectivity index (χ0n) is 11.5. The number of piperazine rings is 1. The number of nitrogens with two attached hydrogens (primary N) is 1. The lowest BCUT2D eigenvalue weighted by Crippen LogP contribution is -2.44. The molecule has 2 N–H and O–H groups in total. The molecule has 0 spiro atoms. The maximum absolute atomic E-state index is 5.90. The maximum atomic E-state index is 5.90. The van der Waals surface area contributed by atoms with Gasteiger partial charge in [-0.3, -0.25) is 0 Å². The van der Waals surface area contributed by atoms with E-state index in [4.69, 9.17) is 10.5 Å². The van der Waals surface area contributed by atoms with Crippen LogP contribution >= 0.6 is 0 Å². The molecule has 100 valence electrons. The number of rotatable bonds is 3. The standard InChI is InChI=1S/C14H23N3O/c1-11(2)18-14-5-4-12(15)10-13(14)17-8-6-16(3)7-9-17/h4-5,10-11H,6-9,15H2,1-3H3. The Bertz CT molecular complexity index is 398. The van der Waals surface area contributed by atoms with E-state index in [1.165, 1.54) is 0 Å². The number of anilines is 2. The molecule has 4 heteroatoms. The lowest BCUT2D eigenvalue weighted by molar-refractivity contribution is 0.241. The Morgan fingerprint density at radius 1 is 1.17 bits per heavy atom. The van der Waals surface area contributed by atoms with E-state index in [-0.39, 0.29) is 6.10 Å². The van der Waals surface area contributed by atoms with Crippen LogP contribution in [0.2, 0.25) is 0 Å². The number of nitrogens with zero attached hydrogens (tertiary/aromatic N) is 2. The van der Waals surface area contributed by atoms with Gasteiger partial charge in [-0.25, -0.2) is 0 Å². The highest BCUT2D eigenvalue weighted by molar-refractivity contribution is 5.65. The summed E-state index contributed by atoms with van der Waals surface area (Å²) in [6.45, 7) is 8.29. The van der Waals surface area contributed by atoms with Gasteiger partial charge < -0.3 is 20.3 Å². The lowest BCUT2D eigenvalue weighted by Gasteiger charge is -2.35. The molecule has 0 aromatic heterocycles. The van der Waals surface area contributed by atoms with Crippen molar-refractivity contribution in [2.45, 2.75) is 20.0 Å². The van der Waals surface area contributed by atoms with E-state index in [0.717, 1.165) is 43.3 Å². The summed E-state index contributed by atoms with van der Waals surface area (Å²) in [5.41, 5.74) is 7.81. The van der Waals surface area contributed by atoms with Crippen LogP contribution in [0.15, 0.2) is 18.2 Å². The molecule has 1 heterocycles. The van der Waals surface area contributed by atoms with Crippen molar-refractivity contribution < 1.29 is 4.74 Å². The van der Waals surface area contributed by atoms with Crippen molar-refractivity contribution in [1.82, 2.24) is 4.90 Å². The molecule has 0 aliphatic carbocycles. The van der Waals surface area contributed by atoms with Gasteiger partial charge in [0.2, 0.25) is 0 Å². The molecule has 1 fully saturated rings.